The number of ether oxygens (including phenoxy) is 3. The van der Waals surface area contributed by atoms with Gasteiger partial charge in [0.05, 0.1) is 20.3 Å². The second-order valence-electron chi connectivity index (χ2n) is 4.68. The van der Waals surface area contributed by atoms with Gasteiger partial charge in [0.15, 0.2) is 11.5 Å². The van der Waals surface area contributed by atoms with Crippen molar-refractivity contribution in [2.45, 2.75) is 31.8 Å². The third-order valence-corrected chi connectivity index (χ3v) is 3.38. The lowest BCUT2D eigenvalue weighted by atomic mass is 9.96. The van der Waals surface area contributed by atoms with Gasteiger partial charge in [-0.25, -0.2) is 4.79 Å². The molecule has 0 spiro atoms. The second-order valence-corrected chi connectivity index (χ2v) is 4.68. The van der Waals surface area contributed by atoms with Gasteiger partial charge in [-0.2, -0.15) is 0 Å². The first-order valence-corrected chi connectivity index (χ1v) is 6.59. The van der Waals surface area contributed by atoms with Crippen molar-refractivity contribution in [3.05, 3.63) is 23.8 Å². The lowest BCUT2D eigenvalue weighted by Gasteiger charge is -2.24. The van der Waals surface area contributed by atoms with Crippen molar-refractivity contribution in [1.82, 2.24) is 0 Å². The highest BCUT2D eigenvalue weighted by molar-refractivity contribution is 5.93. The molecule has 2 rings (SSSR count). The molecule has 0 amide bonds. The van der Waals surface area contributed by atoms with Gasteiger partial charge >= 0.3 is 5.97 Å². The SMILES string of the molecule is COC(=O)c1cccc(OC)c1OC1CCC(=O)CC1. The molecule has 5 heteroatoms. The van der Waals surface area contributed by atoms with E-state index in [1.807, 2.05) is 0 Å². The van der Waals surface area contributed by atoms with E-state index in [2.05, 4.69) is 0 Å². The van der Waals surface area contributed by atoms with Crippen LogP contribution in [0, 0.1) is 0 Å². The van der Waals surface area contributed by atoms with Crippen LogP contribution in [0.1, 0.15) is 36.0 Å². The van der Waals surface area contributed by atoms with Gasteiger partial charge in [-0.15, -0.1) is 0 Å². The summed E-state index contributed by atoms with van der Waals surface area (Å²) in [5.74, 6) is 0.676. The summed E-state index contributed by atoms with van der Waals surface area (Å²) in [5.41, 5.74) is 0.337. The number of carbonyl (C=O) groups is 2. The Morgan fingerprint density at radius 3 is 2.50 bits per heavy atom. The zero-order valence-electron chi connectivity index (χ0n) is 11.7. The number of rotatable bonds is 4. The van der Waals surface area contributed by atoms with Gasteiger partial charge in [0, 0.05) is 12.8 Å². The van der Waals surface area contributed by atoms with Gasteiger partial charge in [-0.05, 0) is 25.0 Å². The molecule has 1 aliphatic rings. The predicted octanol–water partition coefficient (Wildman–Crippen LogP) is 2.37. The summed E-state index contributed by atoms with van der Waals surface area (Å²) in [6.45, 7) is 0. The van der Waals surface area contributed by atoms with E-state index in [1.54, 1.807) is 18.2 Å². The molecule has 1 fully saturated rings. The largest absolute Gasteiger partial charge is 0.493 e. The fourth-order valence-electron chi connectivity index (χ4n) is 2.27. The Morgan fingerprint density at radius 1 is 1.20 bits per heavy atom. The van der Waals surface area contributed by atoms with Crippen LogP contribution in [-0.4, -0.2) is 32.1 Å². The summed E-state index contributed by atoms with van der Waals surface area (Å²) in [6.07, 6.45) is 2.29. The highest BCUT2D eigenvalue weighted by Crippen LogP contribution is 2.34. The predicted molar refractivity (Wildman–Crippen MR) is 72.2 cm³/mol. The highest BCUT2D eigenvalue weighted by atomic mass is 16.5. The third kappa shape index (κ3) is 3.10. The number of Topliss-reactive ketones (excluding diaryl/α,β-unsaturated/α-hetero) is 1. The van der Waals surface area contributed by atoms with E-state index < -0.39 is 5.97 Å². The van der Waals surface area contributed by atoms with Gasteiger partial charge < -0.3 is 14.2 Å². The van der Waals surface area contributed by atoms with Crippen LogP contribution < -0.4 is 9.47 Å². The van der Waals surface area contributed by atoms with Crippen molar-refractivity contribution in [3.63, 3.8) is 0 Å². The topological polar surface area (TPSA) is 61.8 Å². The zero-order valence-corrected chi connectivity index (χ0v) is 11.7. The van der Waals surface area contributed by atoms with Gasteiger partial charge in [0.1, 0.15) is 11.3 Å². The number of hydrogen-bond acceptors (Lipinski definition) is 5. The molecule has 0 heterocycles. The van der Waals surface area contributed by atoms with Crippen LogP contribution in [0.3, 0.4) is 0 Å². The van der Waals surface area contributed by atoms with Crippen LogP contribution in [0.25, 0.3) is 0 Å². The maximum atomic E-state index is 11.8. The number of esters is 1. The Bertz CT molecular complexity index is 499. The third-order valence-electron chi connectivity index (χ3n) is 3.38. The summed E-state index contributed by atoms with van der Waals surface area (Å²) < 4.78 is 15.9. The molecule has 1 aromatic carbocycles. The van der Waals surface area contributed by atoms with Gasteiger partial charge in [0.25, 0.3) is 0 Å². The number of ketones is 1. The minimum absolute atomic E-state index is 0.0765. The average molecular weight is 278 g/mol. The molecule has 0 N–H and O–H groups in total. The van der Waals surface area contributed by atoms with E-state index in [0.29, 0.717) is 42.7 Å². The molecule has 0 aliphatic heterocycles. The minimum Gasteiger partial charge on any atom is -0.493 e. The average Bonchev–Trinajstić information content (AvgIpc) is 2.49. The van der Waals surface area contributed by atoms with Crippen molar-refractivity contribution < 1.29 is 23.8 Å². The van der Waals surface area contributed by atoms with Crippen LogP contribution in [0.5, 0.6) is 11.5 Å². The quantitative estimate of drug-likeness (QED) is 0.791. The summed E-state index contributed by atoms with van der Waals surface area (Å²) >= 11 is 0. The molecule has 20 heavy (non-hydrogen) atoms. The molecular formula is C15H18O5. The van der Waals surface area contributed by atoms with Crippen molar-refractivity contribution in [2.24, 2.45) is 0 Å². The number of benzene rings is 1. The number of para-hydroxylation sites is 1. The second kappa shape index (κ2) is 6.41. The van der Waals surface area contributed by atoms with E-state index in [4.69, 9.17) is 14.2 Å². The van der Waals surface area contributed by atoms with E-state index in [9.17, 15) is 9.59 Å². The van der Waals surface area contributed by atoms with Crippen LogP contribution >= 0.6 is 0 Å². The molecule has 0 radical (unpaired) electrons. The Balaban J connectivity index is 2.24. The molecule has 108 valence electrons. The number of methoxy groups -OCH3 is 2. The van der Waals surface area contributed by atoms with Gasteiger partial charge in [-0.1, -0.05) is 6.07 Å². The molecule has 5 nitrogen and oxygen atoms in total. The smallest absolute Gasteiger partial charge is 0.341 e. The fraction of sp³-hybridized carbons (Fsp3) is 0.467. The van der Waals surface area contributed by atoms with Crippen LogP contribution in [-0.2, 0) is 9.53 Å². The fourth-order valence-corrected chi connectivity index (χ4v) is 2.27. The van der Waals surface area contributed by atoms with E-state index in [1.165, 1.54) is 14.2 Å². The zero-order chi connectivity index (χ0) is 14.5. The molecule has 0 unspecified atom stereocenters. The standard InChI is InChI=1S/C15H18O5/c1-18-13-5-3-4-12(15(17)19-2)14(13)20-11-8-6-10(16)7-9-11/h3-5,11H,6-9H2,1-2H3. The lowest BCUT2D eigenvalue weighted by molar-refractivity contribution is -0.121. The molecule has 1 aliphatic carbocycles. The molecule has 1 saturated carbocycles. The lowest BCUT2D eigenvalue weighted by Crippen LogP contribution is -2.25. The van der Waals surface area contributed by atoms with Crippen molar-refractivity contribution >= 4 is 11.8 Å². The van der Waals surface area contributed by atoms with E-state index >= 15 is 0 Å². The van der Waals surface area contributed by atoms with E-state index in [-0.39, 0.29) is 11.9 Å². The molecule has 0 atom stereocenters. The minimum atomic E-state index is -0.467. The Hall–Kier alpha value is -2.04. The summed E-state index contributed by atoms with van der Waals surface area (Å²) in [7, 11) is 2.85. The summed E-state index contributed by atoms with van der Waals surface area (Å²) in [4.78, 5) is 23.0. The highest BCUT2D eigenvalue weighted by Gasteiger charge is 2.24. The Kier molecular flexibility index (Phi) is 4.61. The first kappa shape index (κ1) is 14.4. The molecule has 0 saturated heterocycles. The molecule has 0 bridgehead atoms. The Labute approximate surface area is 117 Å². The van der Waals surface area contributed by atoms with Crippen LogP contribution in [0.4, 0.5) is 0 Å². The molecule has 0 aromatic heterocycles. The number of carbonyl (C=O) groups excluding carboxylic acids is 2. The Morgan fingerprint density at radius 2 is 1.90 bits per heavy atom. The van der Waals surface area contributed by atoms with Crippen LogP contribution in [0.2, 0.25) is 0 Å². The first-order valence-electron chi connectivity index (χ1n) is 6.59. The van der Waals surface area contributed by atoms with Crippen molar-refractivity contribution in [1.29, 1.82) is 0 Å². The summed E-state index contributed by atoms with van der Waals surface area (Å²) in [6, 6.07) is 5.08. The summed E-state index contributed by atoms with van der Waals surface area (Å²) in [5, 5.41) is 0. The molecular weight excluding hydrogens is 260 g/mol. The van der Waals surface area contributed by atoms with Crippen LogP contribution in [0.15, 0.2) is 18.2 Å². The van der Waals surface area contributed by atoms with Crippen molar-refractivity contribution in [2.75, 3.05) is 14.2 Å². The molecule has 1 aromatic rings. The first-order chi connectivity index (χ1) is 9.65. The number of hydrogen-bond donors (Lipinski definition) is 0. The van der Waals surface area contributed by atoms with Gasteiger partial charge in [-0.3, -0.25) is 4.79 Å². The van der Waals surface area contributed by atoms with E-state index in [0.717, 1.165) is 0 Å². The maximum absolute atomic E-state index is 11.8. The monoisotopic (exact) mass is 278 g/mol. The maximum Gasteiger partial charge on any atom is 0.341 e. The van der Waals surface area contributed by atoms with Crippen molar-refractivity contribution in [3.8, 4) is 11.5 Å². The van der Waals surface area contributed by atoms with Gasteiger partial charge in [0.2, 0.25) is 0 Å². The normalized spacial score (nSPS) is 15.8.